The topological polar surface area (TPSA) is 77.1 Å². The summed E-state index contributed by atoms with van der Waals surface area (Å²) >= 11 is 0. The second-order valence-corrected chi connectivity index (χ2v) is 5.60. The van der Waals surface area contributed by atoms with E-state index >= 15 is 0 Å². The highest BCUT2D eigenvalue weighted by Crippen LogP contribution is 2.27. The molecule has 104 valence electrons. The molecule has 0 aromatic carbocycles. The molecule has 1 aliphatic rings. The molecule has 0 saturated heterocycles. The maximum absolute atomic E-state index is 12.0. The molecule has 5 heteroatoms. The van der Waals surface area contributed by atoms with Crippen molar-refractivity contribution in [2.24, 2.45) is 0 Å². The van der Waals surface area contributed by atoms with Gasteiger partial charge >= 0.3 is 0 Å². The molecule has 2 rings (SSSR count). The molecule has 1 heterocycles. The second kappa shape index (κ2) is 5.47. The molecule has 5 nitrogen and oxygen atoms in total. The van der Waals surface area contributed by atoms with Crippen LogP contribution in [0.15, 0.2) is 23.1 Å². The maximum Gasteiger partial charge on any atom is 0.251 e. The highest BCUT2D eigenvalue weighted by Gasteiger charge is 2.28. The molecule has 1 saturated carbocycles. The first-order valence-corrected chi connectivity index (χ1v) is 6.75. The van der Waals surface area contributed by atoms with Crippen LogP contribution in [0.25, 0.3) is 0 Å². The van der Waals surface area contributed by atoms with Crippen molar-refractivity contribution in [3.63, 3.8) is 0 Å². The molecule has 0 unspecified atom stereocenters. The fraction of sp³-hybridized carbons (Fsp3) is 0.571. The van der Waals surface area contributed by atoms with Crippen molar-refractivity contribution >= 4 is 11.6 Å². The largest absolute Gasteiger partial charge is 0.398 e. The van der Waals surface area contributed by atoms with Gasteiger partial charge in [0.25, 0.3) is 5.56 Å². The Kier molecular flexibility index (Phi) is 3.93. The summed E-state index contributed by atoms with van der Waals surface area (Å²) in [4.78, 5) is 23.6. The summed E-state index contributed by atoms with van der Waals surface area (Å²) in [6, 6.07) is 2.92. The van der Waals surface area contributed by atoms with Gasteiger partial charge in [-0.05, 0) is 25.8 Å². The molecule has 1 aromatic rings. The van der Waals surface area contributed by atoms with Gasteiger partial charge in [-0.1, -0.05) is 19.3 Å². The number of carbonyl (C=O) groups is 1. The highest BCUT2D eigenvalue weighted by molar-refractivity contribution is 5.76. The minimum Gasteiger partial charge on any atom is -0.398 e. The van der Waals surface area contributed by atoms with E-state index in [1.807, 2.05) is 0 Å². The minimum absolute atomic E-state index is 0.0272. The van der Waals surface area contributed by atoms with Gasteiger partial charge in [0.1, 0.15) is 6.54 Å². The Bertz CT molecular complexity index is 516. The Hall–Kier alpha value is -1.78. The van der Waals surface area contributed by atoms with E-state index in [4.69, 9.17) is 5.73 Å². The molecule has 0 atom stereocenters. The lowest BCUT2D eigenvalue weighted by Crippen LogP contribution is -2.48. The third kappa shape index (κ3) is 3.59. The number of nitrogens with two attached hydrogens (primary N) is 1. The molecular weight excluding hydrogens is 242 g/mol. The van der Waals surface area contributed by atoms with E-state index < -0.39 is 0 Å². The number of hydrogen-bond donors (Lipinski definition) is 2. The Labute approximate surface area is 112 Å². The predicted octanol–water partition coefficient (Wildman–Crippen LogP) is 1.27. The Balaban J connectivity index is 2.01. The normalized spacial score (nSPS) is 17.9. The van der Waals surface area contributed by atoms with Crippen LogP contribution in [0.2, 0.25) is 0 Å². The fourth-order valence-electron chi connectivity index (χ4n) is 2.66. The van der Waals surface area contributed by atoms with E-state index in [2.05, 4.69) is 12.2 Å². The number of aromatic nitrogens is 1. The molecule has 0 bridgehead atoms. The van der Waals surface area contributed by atoms with Crippen molar-refractivity contribution < 1.29 is 4.79 Å². The molecular formula is C14H21N3O2. The van der Waals surface area contributed by atoms with Gasteiger partial charge in [-0.15, -0.1) is 0 Å². The van der Waals surface area contributed by atoms with Crippen molar-refractivity contribution in [1.82, 2.24) is 9.88 Å². The summed E-state index contributed by atoms with van der Waals surface area (Å²) in [7, 11) is 0. The van der Waals surface area contributed by atoms with Crippen molar-refractivity contribution in [3.05, 3.63) is 28.7 Å². The summed E-state index contributed by atoms with van der Waals surface area (Å²) in [5.41, 5.74) is 5.77. The van der Waals surface area contributed by atoms with Gasteiger partial charge in [-0.25, -0.2) is 0 Å². The van der Waals surface area contributed by atoms with E-state index in [1.165, 1.54) is 23.3 Å². The SMILES string of the molecule is CC1(NC(=O)Cn2cc(N)ccc2=O)CCCCC1. The molecule has 0 spiro atoms. The highest BCUT2D eigenvalue weighted by atomic mass is 16.2. The number of anilines is 1. The standard InChI is InChI=1S/C14H21N3O2/c1-14(7-3-2-4-8-14)16-12(18)10-17-9-11(15)5-6-13(17)19/h5-6,9H,2-4,7-8,10,15H2,1H3,(H,16,18). The number of hydrogen-bond acceptors (Lipinski definition) is 3. The lowest BCUT2D eigenvalue weighted by Gasteiger charge is -2.34. The van der Waals surface area contributed by atoms with Crippen LogP contribution in [0.3, 0.4) is 0 Å². The zero-order chi connectivity index (χ0) is 13.9. The van der Waals surface area contributed by atoms with Gasteiger partial charge in [0.05, 0.1) is 0 Å². The molecule has 1 aromatic heterocycles. The van der Waals surface area contributed by atoms with Crippen molar-refractivity contribution in [2.45, 2.75) is 51.1 Å². The zero-order valence-corrected chi connectivity index (χ0v) is 11.3. The summed E-state index contributed by atoms with van der Waals surface area (Å²) in [5, 5.41) is 3.05. The van der Waals surface area contributed by atoms with E-state index in [9.17, 15) is 9.59 Å². The van der Waals surface area contributed by atoms with Gasteiger partial charge in [-0.2, -0.15) is 0 Å². The average molecular weight is 263 g/mol. The van der Waals surface area contributed by atoms with E-state index in [0.29, 0.717) is 5.69 Å². The van der Waals surface area contributed by atoms with Gasteiger partial charge in [0.2, 0.25) is 5.91 Å². The van der Waals surface area contributed by atoms with Gasteiger partial charge < -0.3 is 15.6 Å². The quantitative estimate of drug-likeness (QED) is 0.862. The smallest absolute Gasteiger partial charge is 0.251 e. The summed E-state index contributed by atoms with van der Waals surface area (Å²) < 4.78 is 1.34. The summed E-state index contributed by atoms with van der Waals surface area (Å²) in [6.07, 6.45) is 7.05. The average Bonchev–Trinajstić information content (AvgIpc) is 2.34. The third-order valence-corrected chi connectivity index (χ3v) is 3.72. The van der Waals surface area contributed by atoms with Crippen LogP contribution >= 0.6 is 0 Å². The van der Waals surface area contributed by atoms with E-state index in [-0.39, 0.29) is 23.6 Å². The fourth-order valence-corrected chi connectivity index (χ4v) is 2.66. The molecule has 0 radical (unpaired) electrons. The van der Waals surface area contributed by atoms with Crippen LogP contribution in [-0.2, 0) is 11.3 Å². The van der Waals surface area contributed by atoms with Gasteiger partial charge in [-0.3, -0.25) is 9.59 Å². The lowest BCUT2D eigenvalue weighted by molar-refractivity contribution is -0.123. The van der Waals surface area contributed by atoms with Crippen LogP contribution in [0, 0.1) is 0 Å². The zero-order valence-electron chi connectivity index (χ0n) is 11.3. The van der Waals surface area contributed by atoms with Gasteiger partial charge in [0.15, 0.2) is 0 Å². The first-order valence-electron chi connectivity index (χ1n) is 6.75. The molecule has 3 N–H and O–H groups in total. The number of pyridine rings is 1. The van der Waals surface area contributed by atoms with Crippen LogP contribution in [0.1, 0.15) is 39.0 Å². The molecule has 1 fully saturated rings. The molecule has 1 aliphatic carbocycles. The molecule has 1 amide bonds. The number of rotatable bonds is 3. The number of nitrogens with zero attached hydrogens (tertiary/aromatic N) is 1. The first-order chi connectivity index (χ1) is 8.98. The third-order valence-electron chi connectivity index (χ3n) is 3.72. The molecule has 0 aliphatic heterocycles. The van der Waals surface area contributed by atoms with E-state index in [1.54, 1.807) is 6.07 Å². The summed E-state index contributed by atoms with van der Waals surface area (Å²) in [6.45, 7) is 2.10. The maximum atomic E-state index is 12.0. The Morgan fingerprint density at radius 1 is 1.37 bits per heavy atom. The number of carbonyl (C=O) groups excluding carboxylic acids is 1. The van der Waals surface area contributed by atoms with Crippen LogP contribution in [-0.4, -0.2) is 16.0 Å². The predicted molar refractivity (Wildman–Crippen MR) is 74.7 cm³/mol. The summed E-state index contributed by atoms with van der Waals surface area (Å²) in [5.74, 6) is -0.128. The number of amides is 1. The minimum atomic E-state index is -0.210. The van der Waals surface area contributed by atoms with Crippen LogP contribution in [0.4, 0.5) is 5.69 Å². The van der Waals surface area contributed by atoms with Crippen molar-refractivity contribution in [3.8, 4) is 0 Å². The van der Waals surface area contributed by atoms with Gasteiger partial charge in [0, 0.05) is 23.5 Å². The first kappa shape index (κ1) is 13.6. The van der Waals surface area contributed by atoms with E-state index in [0.717, 1.165) is 25.7 Å². The monoisotopic (exact) mass is 263 g/mol. The van der Waals surface area contributed by atoms with Crippen molar-refractivity contribution in [1.29, 1.82) is 0 Å². The second-order valence-electron chi connectivity index (χ2n) is 5.60. The Morgan fingerprint density at radius 2 is 2.05 bits per heavy atom. The molecule has 19 heavy (non-hydrogen) atoms. The lowest BCUT2D eigenvalue weighted by atomic mass is 9.83. The van der Waals surface area contributed by atoms with Crippen LogP contribution in [0.5, 0.6) is 0 Å². The number of nitrogen functional groups attached to an aromatic ring is 1. The van der Waals surface area contributed by atoms with Crippen LogP contribution < -0.4 is 16.6 Å². The van der Waals surface area contributed by atoms with Crippen molar-refractivity contribution in [2.75, 3.05) is 5.73 Å². The number of nitrogens with one attached hydrogen (secondary N) is 1. The Morgan fingerprint density at radius 3 is 2.74 bits per heavy atom.